The second-order valence-electron chi connectivity index (χ2n) is 3.17. The van der Waals surface area contributed by atoms with Gasteiger partial charge in [0.15, 0.2) is 5.82 Å². The number of nitrogens with one attached hydrogen (secondary N) is 1. The maximum atomic E-state index is 13.7. The zero-order valence-corrected chi connectivity index (χ0v) is 8.45. The van der Waals surface area contributed by atoms with Gasteiger partial charge in [0, 0.05) is 5.56 Å². The number of H-pyrrole nitrogens is 1. The van der Waals surface area contributed by atoms with Crippen LogP contribution < -0.4 is 10.3 Å². The van der Waals surface area contributed by atoms with Crippen LogP contribution in [0.3, 0.4) is 0 Å². The van der Waals surface area contributed by atoms with E-state index in [1.165, 1.54) is 19.2 Å². The Labute approximate surface area is 89.5 Å². The number of fused-ring (bicyclic) bond motifs is 1. The van der Waals surface area contributed by atoms with Crippen LogP contribution in [0.15, 0.2) is 16.9 Å². The molecule has 1 aromatic carbocycles. The van der Waals surface area contributed by atoms with E-state index < -0.39 is 18.0 Å². The van der Waals surface area contributed by atoms with E-state index >= 15 is 0 Å². The summed E-state index contributed by atoms with van der Waals surface area (Å²) < 4.78 is 18.4. The van der Waals surface area contributed by atoms with E-state index in [0.29, 0.717) is 0 Å². The van der Waals surface area contributed by atoms with Crippen molar-refractivity contribution >= 4 is 11.0 Å². The first-order valence-electron chi connectivity index (χ1n) is 4.53. The van der Waals surface area contributed by atoms with Crippen molar-refractivity contribution < 1.29 is 14.2 Å². The summed E-state index contributed by atoms with van der Waals surface area (Å²) in [6.45, 7) is -0.435. The number of methoxy groups -OCH3 is 1. The highest BCUT2D eigenvalue weighted by Crippen LogP contribution is 2.17. The average Bonchev–Trinajstić information content (AvgIpc) is 2.30. The molecule has 0 fully saturated rings. The minimum atomic E-state index is -0.674. The average molecular weight is 224 g/mol. The molecule has 0 atom stereocenters. The quantitative estimate of drug-likeness (QED) is 0.781. The van der Waals surface area contributed by atoms with E-state index in [2.05, 4.69) is 9.97 Å². The van der Waals surface area contributed by atoms with Crippen LogP contribution in [-0.4, -0.2) is 22.2 Å². The molecule has 2 aromatic rings. The molecule has 6 heteroatoms. The molecule has 2 N–H and O–H groups in total. The molecule has 0 saturated carbocycles. The van der Waals surface area contributed by atoms with Gasteiger partial charge in [-0.1, -0.05) is 6.07 Å². The van der Waals surface area contributed by atoms with Crippen molar-refractivity contribution in [3.8, 4) is 5.88 Å². The molecule has 0 radical (unpaired) electrons. The van der Waals surface area contributed by atoms with E-state index in [1.807, 2.05) is 0 Å². The molecular weight excluding hydrogens is 215 g/mol. The fraction of sp³-hybridized carbons (Fsp3) is 0.200. The third-order valence-electron chi connectivity index (χ3n) is 2.22. The van der Waals surface area contributed by atoms with Crippen molar-refractivity contribution in [2.75, 3.05) is 7.11 Å². The Morgan fingerprint density at radius 1 is 1.56 bits per heavy atom. The van der Waals surface area contributed by atoms with Crippen molar-refractivity contribution in [3.63, 3.8) is 0 Å². The molecule has 0 aliphatic heterocycles. The SMILES string of the molecule is COc1nc2ccc(CO)c(F)c2[nH]c1=O. The van der Waals surface area contributed by atoms with Gasteiger partial charge in [-0.2, -0.15) is 0 Å². The summed E-state index contributed by atoms with van der Waals surface area (Å²) in [6, 6.07) is 2.91. The molecule has 0 amide bonds. The number of aromatic nitrogens is 2. The third kappa shape index (κ3) is 1.53. The van der Waals surface area contributed by atoms with Crippen molar-refractivity contribution in [1.82, 2.24) is 9.97 Å². The third-order valence-corrected chi connectivity index (χ3v) is 2.22. The Bertz CT molecular complexity index is 594. The monoisotopic (exact) mass is 224 g/mol. The minimum Gasteiger partial charge on any atom is -0.477 e. The fourth-order valence-corrected chi connectivity index (χ4v) is 1.41. The zero-order valence-electron chi connectivity index (χ0n) is 8.45. The molecule has 0 bridgehead atoms. The number of nitrogens with zero attached hydrogens (tertiary/aromatic N) is 1. The van der Waals surface area contributed by atoms with E-state index in [4.69, 9.17) is 9.84 Å². The summed E-state index contributed by atoms with van der Waals surface area (Å²) in [6.07, 6.45) is 0. The van der Waals surface area contributed by atoms with Gasteiger partial charge in [-0.15, -0.1) is 0 Å². The number of hydrogen-bond acceptors (Lipinski definition) is 4. The highest BCUT2D eigenvalue weighted by atomic mass is 19.1. The number of benzene rings is 1. The second-order valence-corrected chi connectivity index (χ2v) is 3.17. The van der Waals surface area contributed by atoms with E-state index in [1.54, 1.807) is 0 Å². The number of halogens is 1. The first-order valence-corrected chi connectivity index (χ1v) is 4.53. The van der Waals surface area contributed by atoms with Crippen molar-refractivity contribution in [3.05, 3.63) is 33.9 Å². The summed E-state index contributed by atoms with van der Waals surface area (Å²) in [7, 11) is 1.31. The van der Waals surface area contributed by atoms with E-state index in [0.717, 1.165) is 0 Å². The molecule has 0 saturated heterocycles. The molecule has 84 valence electrons. The number of ether oxygens (including phenoxy) is 1. The predicted octanol–water partition coefficient (Wildman–Crippen LogP) is 0.563. The second kappa shape index (κ2) is 3.90. The Balaban J connectivity index is 2.81. The lowest BCUT2D eigenvalue weighted by atomic mass is 10.2. The number of aliphatic hydroxyl groups excluding tert-OH is 1. The van der Waals surface area contributed by atoms with Crippen LogP contribution in [-0.2, 0) is 6.61 Å². The molecule has 2 rings (SSSR count). The number of rotatable bonds is 2. The summed E-state index contributed by atoms with van der Waals surface area (Å²) >= 11 is 0. The van der Waals surface area contributed by atoms with Crippen LogP contribution in [0.4, 0.5) is 4.39 Å². The zero-order chi connectivity index (χ0) is 11.7. The van der Waals surface area contributed by atoms with Crippen LogP contribution in [0.2, 0.25) is 0 Å². The first-order chi connectivity index (χ1) is 7.67. The van der Waals surface area contributed by atoms with Crippen LogP contribution in [0.5, 0.6) is 5.88 Å². The van der Waals surface area contributed by atoms with Gasteiger partial charge < -0.3 is 14.8 Å². The molecule has 0 spiro atoms. The molecule has 0 unspecified atom stereocenters. The van der Waals surface area contributed by atoms with Gasteiger partial charge in [0.05, 0.1) is 19.2 Å². The number of aliphatic hydroxyl groups is 1. The van der Waals surface area contributed by atoms with Crippen LogP contribution >= 0.6 is 0 Å². The van der Waals surface area contributed by atoms with Crippen LogP contribution in [0.25, 0.3) is 11.0 Å². The summed E-state index contributed by atoms with van der Waals surface area (Å²) in [5.74, 6) is -0.795. The smallest absolute Gasteiger partial charge is 0.311 e. The fourth-order valence-electron chi connectivity index (χ4n) is 1.41. The highest BCUT2D eigenvalue weighted by Gasteiger charge is 2.11. The summed E-state index contributed by atoms with van der Waals surface area (Å²) in [4.78, 5) is 17.5. The minimum absolute atomic E-state index is 0.0302. The lowest BCUT2D eigenvalue weighted by molar-refractivity contribution is 0.276. The molecule has 5 nitrogen and oxygen atoms in total. The van der Waals surface area contributed by atoms with E-state index in [9.17, 15) is 9.18 Å². The van der Waals surface area contributed by atoms with Crippen molar-refractivity contribution in [2.45, 2.75) is 6.61 Å². The van der Waals surface area contributed by atoms with Gasteiger partial charge in [0.25, 0.3) is 5.88 Å². The first kappa shape index (κ1) is 10.6. The topological polar surface area (TPSA) is 75.2 Å². The van der Waals surface area contributed by atoms with Gasteiger partial charge in [-0.3, -0.25) is 4.79 Å². The van der Waals surface area contributed by atoms with Crippen LogP contribution in [0, 0.1) is 5.82 Å². The van der Waals surface area contributed by atoms with E-state index in [-0.39, 0.29) is 22.5 Å². The molecule has 1 heterocycles. The molecule has 1 aromatic heterocycles. The standard InChI is InChI=1S/C10H9FN2O3/c1-16-10-9(15)13-8-6(12-10)3-2-5(4-14)7(8)11/h2-3,14H,4H2,1H3,(H,13,15). The molecule has 0 aliphatic carbocycles. The highest BCUT2D eigenvalue weighted by molar-refractivity contribution is 5.76. The van der Waals surface area contributed by atoms with Gasteiger partial charge in [-0.05, 0) is 6.07 Å². The van der Waals surface area contributed by atoms with Crippen molar-refractivity contribution in [1.29, 1.82) is 0 Å². The van der Waals surface area contributed by atoms with Gasteiger partial charge in [-0.25, -0.2) is 9.37 Å². The Morgan fingerprint density at radius 3 is 2.94 bits per heavy atom. The summed E-state index contributed by atoms with van der Waals surface area (Å²) in [5, 5.41) is 8.87. The van der Waals surface area contributed by atoms with Gasteiger partial charge in [0.1, 0.15) is 5.52 Å². The molecule has 16 heavy (non-hydrogen) atoms. The van der Waals surface area contributed by atoms with Gasteiger partial charge in [0.2, 0.25) is 0 Å². The van der Waals surface area contributed by atoms with Crippen LogP contribution in [0.1, 0.15) is 5.56 Å². The lowest BCUT2D eigenvalue weighted by Gasteiger charge is -2.04. The number of aromatic amines is 1. The Hall–Kier alpha value is -1.95. The predicted molar refractivity (Wildman–Crippen MR) is 54.8 cm³/mol. The maximum Gasteiger partial charge on any atom is 0.311 e. The molecular formula is C10H9FN2O3. The Morgan fingerprint density at radius 2 is 2.31 bits per heavy atom. The normalized spacial score (nSPS) is 10.7. The van der Waals surface area contributed by atoms with Gasteiger partial charge >= 0.3 is 5.56 Å². The summed E-state index contributed by atoms with van der Waals surface area (Å²) in [5.41, 5.74) is -0.261. The Kier molecular flexibility index (Phi) is 2.57. The lowest BCUT2D eigenvalue weighted by Crippen LogP contribution is -2.12. The maximum absolute atomic E-state index is 13.7. The molecule has 0 aliphatic rings. The number of hydrogen-bond donors (Lipinski definition) is 2. The van der Waals surface area contributed by atoms with Crippen molar-refractivity contribution in [2.24, 2.45) is 0 Å². The largest absolute Gasteiger partial charge is 0.477 e.